The fourth-order valence-electron chi connectivity index (χ4n) is 6.89. The minimum atomic E-state index is 0.810. The highest BCUT2D eigenvalue weighted by Gasteiger charge is 2.34. The molecular formula is C38H22N4O2. The maximum Gasteiger partial charge on any atom is 0.151 e. The van der Waals surface area contributed by atoms with E-state index in [4.69, 9.17) is 19.4 Å². The predicted molar refractivity (Wildman–Crippen MR) is 173 cm³/mol. The van der Waals surface area contributed by atoms with Gasteiger partial charge < -0.3 is 19.3 Å². The van der Waals surface area contributed by atoms with Gasteiger partial charge in [-0.15, -0.1) is 0 Å². The molecule has 6 aromatic carbocycles. The van der Waals surface area contributed by atoms with Crippen LogP contribution < -0.4 is 19.3 Å². The second-order valence-electron chi connectivity index (χ2n) is 11.0. The lowest BCUT2D eigenvalue weighted by molar-refractivity contribution is 0.477. The van der Waals surface area contributed by atoms with E-state index in [-0.39, 0.29) is 0 Å². The van der Waals surface area contributed by atoms with Crippen LogP contribution in [0.1, 0.15) is 0 Å². The van der Waals surface area contributed by atoms with E-state index >= 15 is 0 Å². The number of aromatic nitrogens is 2. The molecule has 7 aromatic rings. The molecule has 0 saturated heterocycles. The van der Waals surface area contributed by atoms with Crippen molar-refractivity contribution >= 4 is 44.9 Å². The topological polar surface area (TPSA) is 50.7 Å². The Morgan fingerprint density at radius 2 is 0.727 bits per heavy atom. The molecule has 0 atom stereocenters. The molecule has 44 heavy (non-hydrogen) atoms. The first-order valence-electron chi connectivity index (χ1n) is 14.6. The van der Waals surface area contributed by atoms with E-state index in [0.29, 0.717) is 0 Å². The van der Waals surface area contributed by atoms with Crippen molar-refractivity contribution in [2.75, 3.05) is 9.80 Å². The summed E-state index contributed by atoms with van der Waals surface area (Å²) in [7, 11) is 0. The first kappa shape index (κ1) is 23.4. The third kappa shape index (κ3) is 3.08. The summed E-state index contributed by atoms with van der Waals surface area (Å²) >= 11 is 0. The van der Waals surface area contributed by atoms with Crippen molar-refractivity contribution in [3.05, 3.63) is 134 Å². The first-order chi connectivity index (χ1) is 21.8. The van der Waals surface area contributed by atoms with Crippen LogP contribution in [0, 0.1) is 0 Å². The number of benzene rings is 6. The molecule has 6 heteroatoms. The van der Waals surface area contributed by atoms with Crippen molar-refractivity contribution in [3.8, 4) is 45.5 Å². The summed E-state index contributed by atoms with van der Waals surface area (Å²) in [6, 6.07) is 41.7. The lowest BCUT2D eigenvalue weighted by atomic mass is 9.97. The molecule has 0 spiro atoms. The third-order valence-corrected chi connectivity index (χ3v) is 8.67. The molecule has 0 amide bonds. The molecule has 206 valence electrons. The minimum absolute atomic E-state index is 0.810. The van der Waals surface area contributed by atoms with Crippen LogP contribution in [0.15, 0.2) is 134 Å². The maximum absolute atomic E-state index is 6.40. The van der Waals surface area contributed by atoms with Gasteiger partial charge in [-0.05, 0) is 72.8 Å². The number of hydrogen-bond donors (Lipinski definition) is 0. The van der Waals surface area contributed by atoms with Gasteiger partial charge in [0.25, 0.3) is 0 Å². The Morgan fingerprint density at radius 1 is 0.364 bits per heavy atom. The van der Waals surface area contributed by atoms with Crippen LogP contribution in [-0.4, -0.2) is 9.97 Å². The Labute approximate surface area is 253 Å². The predicted octanol–water partition coefficient (Wildman–Crippen LogP) is 10.4. The van der Waals surface area contributed by atoms with E-state index in [0.717, 1.165) is 90.4 Å². The monoisotopic (exact) mass is 566 g/mol. The Balaban J connectivity index is 1.35. The number of fused-ring (bicyclic) bond motifs is 7. The van der Waals surface area contributed by atoms with Crippen molar-refractivity contribution in [1.29, 1.82) is 0 Å². The van der Waals surface area contributed by atoms with E-state index in [1.54, 1.807) is 12.4 Å². The molecule has 0 bridgehead atoms. The average Bonchev–Trinajstić information content (AvgIpc) is 3.41. The van der Waals surface area contributed by atoms with Gasteiger partial charge in [-0.25, -0.2) is 0 Å². The molecule has 0 radical (unpaired) electrons. The highest BCUT2D eigenvalue weighted by Crippen LogP contribution is 2.59. The number of ether oxygens (including phenoxy) is 2. The second kappa shape index (κ2) is 8.69. The van der Waals surface area contributed by atoms with Crippen LogP contribution >= 0.6 is 0 Å². The van der Waals surface area contributed by atoms with Gasteiger partial charge in [-0.1, -0.05) is 48.5 Å². The zero-order chi connectivity index (χ0) is 28.8. The lowest BCUT2D eigenvalue weighted by Gasteiger charge is -2.36. The van der Waals surface area contributed by atoms with Gasteiger partial charge >= 0.3 is 0 Å². The van der Waals surface area contributed by atoms with E-state index in [1.807, 2.05) is 48.5 Å². The zero-order valence-electron chi connectivity index (χ0n) is 23.3. The summed E-state index contributed by atoms with van der Waals surface area (Å²) in [4.78, 5) is 14.2. The summed E-state index contributed by atoms with van der Waals surface area (Å²) in [5.74, 6) is 3.24. The van der Waals surface area contributed by atoms with Gasteiger partial charge in [0, 0.05) is 34.3 Å². The molecule has 1 aromatic heterocycles. The largest absolute Gasteiger partial charge is 0.453 e. The molecular weight excluding hydrogens is 544 g/mol. The smallest absolute Gasteiger partial charge is 0.151 e. The average molecular weight is 567 g/mol. The van der Waals surface area contributed by atoms with Gasteiger partial charge in [0.1, 0.15) is 0 Å². The van der Waals surface area contributed by atoms with Gasteiger partial charge in [0.05, 0.1) is 45.5 Å². The number of hydrogen-bond acceptors (Lipinski definition) is 6. The van der Waals surface area contributed by atoms with E-state index < -0.39 is 0 Å². The Morgan fingerprint density at radius 3 is 1.11 bits per heavy atom. The van der Waals surface area contributed by atoms with Gasteiger partial charge in [0.15, 0.2) is 23.0 Å². The highest BCUT2D eigenvalue weighted by molar-refractivity contribution is 6.23. The molecule has 2 aliphatic heterocycles. The second-order valence-corrected chi connectivity index (χ2v) is 11.0. The highest BCUT2D eigenvalue weighted by atomic mass is 16.5. The van der Waals surface area contributed by atoms with Crippen LogP contribution in [0.25, 0.3) is 33.3 Å². The SMILES string of the molecule is c1ccc2c(c1)Oc1ccccc1N2c1ccc2c3c(ccc(N4c5ccccc5Oc5ccccc54)c13)-c1nccnc1-2. The van der Waals surface area contributed by atoms with Crippen LogP contribution in [0.3, 0.4) is 0 Å². The molecule has 3 heterocycles. The van der Waals surface area contributed by atoms with Crippen LogP contribution in [0.5, 0.6) is 23.0 Å². The summed E-state index contributed by atoms with van der Waals surface area (Å²) in [6.07, 6.45) is 3.54. The number of para-hydroxylation sites is 8. The lowest BCUT2D eigenvalue weighted by Crippen LogP contribution is -2.19. The maximum atomic E-state index is 6.40. The van der Waals surface area contributed by atoms with Crippen molar-refractivity contribution in [3.63, 3.8) is 0 Å². The zero-order valence-corrected chi connectivity index (χ0v) is 23.3. The number of rotatable bonds is 2. The summed E-state index contributed by atoms with van der Waals surface area (Å²) < 4.78 is 12.8. The van der Waals surface area contributed by atoms with Gasteiger partial charge in [-0.3, -0.25) is 9.97 Å². The first-order valence-corrected chi connectivity index (χ1v) is 14.6. The molecule has 3 aliphatic rings. The molecule has 0 saturated carbocycles. The summed E-state index contributed by atoms with van der Waals surface area (Å²) in [5.41, 5.74) is 9.96. The molecule has 0 unspecified atom stereocenters. The van der Waals surface area contributed by atoms with Crippen molar-refractivity contribution in [2.45, 2.75) is 0 Å². The van der Waals surface area contributed by atoms with Crippen molar-refractivity contribution in [2.24, 2.45) is 0 Å². The Bertz CT molecular complexity index is 2080. The minimum Gasteiger partial charge on any atom is -0.453 e. The van der Waals surface area contributed by atoms with Crippen LogP contribution in [0.2, 0.25) is 0 Å². The molecule has 1 aliphatic carbocycles. The van der Waals surface area contributed by atoms with Crippen LogP contribution in [0.4, 0.5) is 34.1 Å². The Kier molecular flexibility index (Phi) is 4.63. The fraction of sp³-hybridized carbons (Fsp3) is 0. The van der Waals surface area contributed by atoms with E-state index in [1.165, 1.54) is 0 Å². The normalized spacial score (nSPS) is 13.3. The quantitative estimate of drug-likeness (QED) is 0.207. The molecule has 10 rings (SSSR count). The van der Waals surface area contributed by atoms with Crippen molar-refractivity contribution < 1.29 is 9.47 Å². The third-order valence-electron chi connectivity index (χ3n) is 8.67. The fourth-order valence-corrected chi connectivity index (χ4v) is 6.89. The standard InChI is InChI=1S/C38H22N4O2/c1-5-13-31-25(9-1)41(26-10-2-6-14-32(26)43-31)29-19-17-23-35-24(38-37(23)39-21-22-40-38)18-20-30(36(29)35)42-27-11-3-7-15-33(27)44-34-16-8-4-12-28(34)42/h1-22H. The van der Waals surface area contributed by atoms with E-state index in [9.17, 15) is 0 Å². The van der Waals surface area contributed by atoms with Gasteiger partial charge in [-0.2, -0.15) is 0 Å². The number of anilines is 6. The van der Waals surface area contributed by atoms with Crippen molar-refractivity contribution in [1.82, 2.24) is 9.97 Å². The summed E-state index contributed by atoms with van der Waals surface area (Å²) in [6.45, 7) is 0. The molecule has 6 nitrogen and oxygen atoms in total. The van der Waals surface area contributed by atoms with Crippen LogP contribution in [-0.2, 0) is 0 Å². The van der Waals surface area contributed by atoms with E-state index in [2.05, 4.69) is 82.6 Å². The molecule has 0 N–H and O–H groups in total. The summed E-state index contributed by atoms with van der Waals surface area (Å²) in [5, 5.41) is 2.22. The Hall–Kier alpha value is -6.14. The number of nitrogens with zero attached hydrogens (tertiary/aromatic N) is 4. The molecule has 0 fully saturated rings. The van der Waals surface area contributed by atoms with Gasteiger partial charge in [0.2, 0.25) is 0 Å².